The molecule has 0 aliphatic heterocycles. The minimum absolute atomic E-state index is 0.138. The molecule has 0 spiro atoms. The van der Waals surface area contributed by atoms with Crippen molar-refractivity contribution in [2.75, 3.05) is 0 Å². The van der Waals surface area contributed by atoms with E-state index in [1.165, 1.54) is 24.5 Å². The molecule has 2 rings (SSSR count). The van der Waals surface area contributed by atoms with Gasteiger partial charge in [0.05, 0.1) is 4.47 Å². The fraction of sp³-hybridized carbons (Fsp3) is 0. The Labute approximate surface area is 109 Å². The standard InChI is InChI=1S/C11H6BrFN2O3/c12-7-2-1-6(5-8(7)13)18-10-9(11(16)17)14-3-4-15-10/h1-5H,(H,16,17). The first-order valence-corrected chi connectivity index (χ1v) is 5.54. The summed E-state index contributed by atoms with van der Waals surface area (Å²) in [6, 6.07) is 4.04. The number of aromatic nitrogens is 2. The van der Waals surface area contributed by atoms with Crippen LogP contribution >= 0.6 is 15.9 Å². The minimum Gasteiger partial charge on any atom is -0.476 e. The lowest BCUT2D eigenvalue weighted by atomic mass is 10.3. The van der Waals surface area contributed by atoms with E-state index in [9.17, 15) is 9.18 Å². The Morgan fingerprint density at radius 1 is 1.33 bits per heavy atom. The van der Waals surface area contributed by atoms with Gasteiger partial charge in [0.2, 0.25) is 5.69 Å². The van der Waals surface area contributed by atoms with E-state index in [4.69, 9.17) is 9.84 Å². The third-order valence-electron chi connectivity index (χ3n) is 1.97. The Hall–Kier alpha value is -2.02. The van der Waals surface area contributed by atoms with Crippen LogP contribution in [0.1, 0.15) is 10.5 Å². The molecule has 18 heavy (non-hydrogen) atoms. The number of aromatic carboxylic acids is 1. The van der Waals surface area contributed by atoms with Gasteiger partial charge in [0, 0.05) is 18.5 Å². The zero-order valence-electron chi connectivity index (χ0n) is 8.80. The number of carboxylic acid groups (broad SMARTS) is 1. The molecular formula is C11H6BrFN2O3. The largest absolute Gasteiger partial charge is 0.476 e. The molecular weight excluding hydrogens is 307 g/mol. The van der Waals surface area contributed by atoms with Crippen LogP contribution in [0, 0.1) is 5.82 Å². The van der Waals surface area contributed by atoms with Crippen LogP contribution in [0.5, 0.6) is 11.6 Å². The number of carboxylic acids is 1. The van der Waals surface area contributed by atoms with Crippen molar-refractivity contribution in [1.82, 2.24) is 9.97 Å². The summed E-state index contributed by atoms with van der Waals surface area (Å²) in [6.07, 6.45) is 2.52. The summed E-state index contributed by atoms with van der Waals surface area (Å²) in [5.41, 5.74) is -0.333. The molecule has 5 nitrogen and oxygen atoms in total. The van der Waals surface area contributed by atoms with Gasteiger partial charge in [-0.05, 0) is 28.1 Å². The van der Waals surface area contributed by atoms with Crippen molar-refractivity contribution < 1.29 is 19.0 Å². The molecule has 2 aromatic rings. The second kappa shape index (κ2) is 5.09. The Morgan fingerprint density at radius 2 is 2.06 bits per heavy atom. The molecule has 1 aromatic carbocycles. The maximum Gasteiger partial charge on any atom is 0.360 e. The number of hydrogen-bond acceptors (Lipinski definition) is 4. The van der Waals surface area contributed by atoms with E-state index >= 15 is 0 Å². The summed E-state index contributed by atoms with van der Waals surface area (Å²) in [5, 5.41) is 8.88. The summed E-state index contributed by atoms with van der Waals surface area (Å²) < 4.78 is 18.7. The molecule has 0 amide bonds. The molecule has 92 valence electrons. The van der Waals surface area contributed by atoms with Crippen LogP contribution in [0.4, 0.5) is 4.39 Å². The molecule has 0 aliphatic carbocycles. The van der Waals surface area contributed by atoms with Crippen LogP contribution < -0.4 is 4.74 Å². The van der Waals surface area contributed by atoms with E-state index in [-0.39, 0.29) is 21.8 Å². The molecule has 0 fully saturated rings. The second-order valence-electron chi connectivity index (χ2n) is 3.19. The summed E-state index contributed by atoms with van der Waals surface area (Å²) in [5.74, 6) is -1.84. The molecule has 0 unspecified atom stereocenters. The molecule has 0 saturated heterocycles. The fourth-order valence-corrected chi connectivity index (χ4v) is 1.45. The summed E-state index contributed by atoms with van der Waals surface area (Å²) in [4.78, 5) is 18.2. The Kier molecular flexibility index (Phi) is 3.52. The molecule has 7 heteroatoms. The van der Waals surface area contributed by atoms with Crippen molar-refractivity contribution >= 4 is 21.9 Å². The van der Waals surface area contributed by atoms with Crippen molar-refractivity contribution in [3.8, 4) is 11.6 Å². The first-order valence-electron chi connectivity index (χ1n) is 4.75. The van der Waals surface area contributed by atoms with Gasteiger partial charge in [-0.1, -0.05) is 0 Å². The van der Waals surface area contributed by atoms with Gasteiger partial charge in [0.15, 0.2) is 0 Å². The molecule has 1 heterocycles. The average molecular weight is 313 g/mol. The van der Waals surface area contributed by atoms with Crippen molar-refractivity contribution in [2.24, 2.45) is 0 Å². The maximum absolute atomic E-state index is 13.3. The molecule has 0 aliphatic rings. The molecule has 1 aromatic heterocycles. The predicted molar refractivity (Wildman–Crippen MR) is 63.2 cm³/mol. The third-order valence-corrected chi connectivity index (χ3v) is 2.62. The van der Waals surface area contributed by atoms with Gasteiger partial charge in [-0.3, -0.25) is 0 Å². The highest BCUT2D eigenvalue weighted by atomic mass is 79.9. The van der Waals surface area contributed by atoms with Crippen LogP contribution in [-0.4, -0.2) is 21.0 Å². The van der Waals surface area contributed by atoms with Crippen LogP contribution in [0.25, 0.3) is 0 Å². The molecule has 1 N–H and O–H groups in total. The number of rotatable bonds is 3. The van der Waals surface area contributed by atoms with Crippen molar-refractivity contribution in [3.05, 3.63) is 46.6 Å². The number of ether oxygens (including phenoxy) is 1. The normalized spacial score (nSPS) is 10.1. The number of halogens is 2. The first-order chi connectivity index (χ1) is 8.58. The van der Waals surface area contributed by atoms with Crippen LogP contribution in [0.3, 0.4) is 0 Å². The summed E-state index contributed by atoms with van der Waals surface area (Å²) >= 11 is 3.00. The zero-order valence-corrected chi connectivity index (χ0v) is 10.4. The van der Waals surface area contributed by atoms with Crippen LogP contribution in [0.15, 0.2) is 35.1 Å². The zero-order chi connectivity index (χ0) is 13.1. The van der Waals surface area contributed by atoms with Crippen molar-refractivity contribution in [3.63, 3.8) is 0 Å². The Balaban J connectivity index is 2.34. The van der Waals surface area contributed by atoms with E-state index in [0.29, 0.717) is 0 Å². The van der Waals surface area contributed by atoms with Gasteiger partial charge in [-0.25, -0.2) is 19.2 Å². The minimum atomic E-state index is -1.27. The van der Waals surface area contributed by atoms with Crippen molar-refractivity contribution in [1.29, 1.82) is 0 Å². The van der Waals surface area contributed by atoms with E-state index in [1.807, 2.05) is 0 Å². The van der Waals surface area contributed by atoms with E-state index < -0.39 is 11.8 Å². The Morgan fingerprint density at radius 3 is 2.72 bits per heavy atom. The quantitative estimate of drug-likeness (QED) is 0.943. The molecule has 0 saturated carbocycles. The number of benzene rings is 1. The van der Waals surface area contributed by atoms with E-state index in [1.54, 1.807) is 0 Å². The summed E-state index contributed by atoms with van der Waals surface area (Å²) in [6.45, 7) is 0. The number of hydrogen-bond donors (Lipinski definition) is 1. The van der Waals surface area contributed by atoms with Gasteiger partial charge < -0.3 is 9.84 Å². The van der Waals surface area contributed by atoms with Gasteiger partial charge >= 0.3 is 5.97 Å². The predicted octanol–water partition coefficient (Wildman–Crippen LogP) is 2.87. The van der Waals surface area contributed by atoms with Gasteiger partial charge in [0.25, 0.3) is 5.88 Å². The monoisotopic (exact) mass is 312 g/mol. The van der Waals surface area contributed by atoms with Gasteiger partial charge in [-0.15, -0.1) is 0 Å². The highest BCUT2D eigenvalue weighted by molar-refractivity contribution is 9.10. The van der Waals surface area contributed by atoms with E-state index in [2.05, 4.69) is 25.9 Å². The highest BCUT2D eigenvalue weighted by Gasteiger charge is 2.15. The Bertz CT molecular complexity index is 607. The number of carbonyl (C=O) groups is 1. The van der Waals surface area contributed by atoms with Gasteiger partial charge in [0.1, 0.15) is 11.6 Å². The van der Waals surface area contributed by atoms with Crippen LogP contribution in [-0.2, 0) is 0 Å². The molecule has 0 atom stereocenters. The lowest BCUT2D eigenvalue weighted by Crippen LogP contribution is -2.04. The maximum atomic E-state index is 13.3. The fourth-order valence-electron chi connectivity index (χ4n) is 1.20. The molecule has 0 bridgehead atoms. The highest BCUT2D eigenvalue weighted by Crippen LogP contribution is 2.25. The SMILES string of the molecule is O=C(O)c1nccnc1Oc1ccc(Br)c(F)c1. The smallest absolute Gasteiger partial charge is 0.360 e. The lowest BCUT2D eigenvalue weighted by Gasteiger charge is -2.06. The lowest BCUT2D eigenvalue weighted by molar-refractivity contribution is 0.0686. The topological polar surface area (TPSA) is 72.3 Å². The summed E-state index contributed by atoms with van der Waals surface area (Å²) in [7, 11) is 0. The third kappa shape index (κ3) is 2.62. The van der Waals surface area contributed by atoms with Crippen LogP contribution in [0.2, 0.25) is 0 Å². The average Bonchev–Trinajstić information content (AvgIpc) is 2.34. The molecule has 0 radical (unpaired) electrons. The number of nitrogens with zero attached hydrogens (tertiary/aromatic N) is 2. The van der Waals surface area contributed by atoms with E-state index in [0.717, 1.165) is 6.07 Å². The first kappa shape index (κ1) is 12.4. The van der Waals surface area contributed by atoms with Crippen molar-refractivity contribution in [2.45, 2.75) is 0 Å². The second-order valence-corrected chi connectivity index (χ2v) is 4.05. The van der Waals surface area contributed by atoms with Gasteiger partial charge in [-0.2, -0.15) is 0 Å².